The van der Waals surface area contributed by atoms with Crippen LogP contribution in [0.2, 0.25) is 0 Å². The summed E-state index contributed by atoms with van der Waals surface area (Å²) in [5.74, 6) is 0.607. The molecule has 1 saturated carbocycles. The zero-order chi connectivity index (χ0) is 15.4. The van der Waals surface area contributed by atoms with E-state index in [0.717, 1.165) is 13.0 Å². The predicted octanol–water partition coefficient (Wildman–Crippen LogP) is 1.61. The van der Waals surface area contributed by atoms with Crippen LogP contribution in [0.15, 0.2) is 12.4 Å². The van der Waals surface area contributed by atoms with Gasteiger partial charge in [-0.15, -0.1) is 0 Å². The minimum absolute atomic E-state index is 0.0197. The van der Waals surface area contributed by atoms with Crippen molar-refractivity contribution >= 4 is 5.91 Å². The molecule has 0 radical (unpaired) electrons. The zero-order valence-corrected chi connectivity index (χ0v) is 13.2. The Hall–Kier alpha value is -1.40. The molecule has 0 unspecified atom stereocenters. The Morgan fingerprint density at radius 1 is 1.45 bits per heavy atom. The third-order valence-corrected chi connectivity index (χ3v) is 4.73. The van der Waals surface area contributed by atoms with Crippen LogP contribution in [-0.4, -0.2) is 48.2 Å². The molecule has 1 saturated heterocycles. The molecule has 2 fully saturated rings. The van der Waals surface area contributed by atoms with Crippen molar-refractivity contribution in [1.29, 1.82) is 0 Å². The summed E-state index contributed by atoms with van der Waals surface area (Å²) in [5.41, 5.74) is 0.610. The van der Waals surface area contributed by atoms with Crippen LogP contribution in [0, 0.1) is 5.92 Å². The van der Waals surface area contributed by atoms with Gasteiger partial charge in [0, 0.05) is 26.5 Å². The smallest absolute Gasteiger partial charge is 0.254 e. The van der Waals surface area contributed by atoms with E-state index in [1.807, 2.05) is 10.9 Å². The third-order valence-electron chi connectivity index (χ3n) is 4.73. The van der Waals surface area contributed by atoms with E-state index < -0.39 is 0 Å². The van der Waals surface area contributed by atoms with Crippen LogP contribution in [0.25, 0.3) is 0 Å². The number of amides is 1. The Balaban J connectivity index is 1.56. The van der Waals surface area contributed by atoms with Crippen molar-refractivity contribution in [2.45, 2.75) is 50.8 Å². The van der Waals surface area contributed by atoms with Crippen molar-refractivity contribution in [3.63, 3.8) is 0 Å². The van der Waals surface area contributed by atoms with Crippen LogP contribution in [-0.2, 0) is 16.0 Å². The number of rotatable bonds is 5. The maximum Gasteiger partial charge on any atom is 0.254 e. The Kier molecular flexibility index (Phi) is 5.10. The molecule has 1 aromatic heterocycles. The standard InChI is InChI=1S/C16H25N3O3/c1-21-15-6-7-22-11-14(15)18-16(20)13-8-17-19(10-13)9-12-4-2-3-5-12/h8,10,12,14-15H,2-7,9,11H2,1H3,(H,18,20)/t14-,15-/m1/s1. The molecule has 1 aliphatic carbocycles. The highest BCUT2D eigenvalue weighted by molar-refractivity contribution is 5.93. The lowest BCUT2D eigenvalue weighted by atomic mass is 10.1. The molecule has 1 aliphatic heterocycles. The van der Waals surface area contributed by atoms with Crippen molar-refractivity contribution in [2.24, 2.45) is 5.92 Å². The largest absolute Gasteiger partial charge is 0.379 e. The molecule has 0 spiro atoms. The van der Waals surface area contributed by atoms with E-state index in [1.165, 1.54) is 25.7 Å². The van der Waals surface area contributed by atoms with Crippen molar-refractivity contribution in [3.05, 3.63) is 18.0 Å². The lowest BCUT2D eigenvalue weighted by Crippen LogP contribution is -2.50. The number of aromatic nitrogens is 2. The Bertz CT molecular complexity index is 497. The number of hydrogen-bond donors (Lipinski definition) is 1. The fourth-order valence-electron chi connectivity index (χ4n) is 3.42. The first-order valence-electron chi connectivity index (χ1n) is 8.20. The summed E-state index contributed by atoms with van der Waals surface area (Å²) in [4.78, 5) is 12.3. The molecule has 3 rings (SSSR count). The minimum Gasteiger partial charge on any atom is -0.379 e. The number of ether oxygens (including phenoxy) is 2. The second-order valence-electron chi connectivity index (χ2n) is 6.32. The van der Waals surface area contributed by atoms with Gasteiger partial charge in [0.25, 0.3) is 5.91 Å². The molecule has 2 aliphatic rings. The fraction of sp³-hybridized carbons (Fsp3) is 0.750. The summed E-state index contributed by atoms with van der Waals surface area (Å²) in [6.07, 6.45) is 9.51. The van der Waals surface area contributed by atoms with Gasteiger partial charge >= 0.3 is 0 Å². The number of methoxy groups -OCH3 is 1. The minimum atomic E-state index is -0.102. The topological polar surface area (TPSA) is 65.4 Å². The fourth-order valence-corrected chi connectivity index (χ4v) is 3.42. The number of carbonyl (C=O) groups is 1. The van der Waals surface area contributed by atoms with Crippen LogP contribution >= 0.6 is 0 Å². The highest BCUT2D eigenvalue weighted by Gasteiger charge is 2.27. The molecule has 1 aromatic rings. The van der Waals surface area contributed by atoms with Gasteiger partial charge in [-0.1, -0.05) is 12.8 Å². The molecular weight excluding hydrogens is 282 g/mol. The van der Waals surface area contributed by atoms with Crippen LogP contribution in [0.5, 0.6) is 0 Å². The van der Waals surface area contributed by atoms with Crippen molar-refractivity contribution in [2.75, 3.05) is 20.3 Å². The van der Waals surface area contributed by atoms with Crippen LogP contribution in [0.1, 0.15) is 42.5 Å². The average Bonchev–Trinajstić information content (AvgIpc) is 3.20. The van der Waals surface area contributed by atoms with E-state index in [4.69, 9.17) is 9.47 Å². The molecule has 6 nitrogen and oxygen atoms in total. The molecule has 2 atom stereocenters. The van der Waals surface area contributed by atoms with Crippen LogP contribution < -0.4 is 5.32 Å². The van der Waals surface area contributed by atoms with E-state index in [0.29, 0.717) is 24.7 Å². The molecule has 6 heteroatoms. The number of nitrogens with one attached hydrogen (secondary N) is 1. The van der Waals surface area contributed by atoms with Gasteiger partial charge in [-0.3, -0.25) is 9.48 Å². The third kappa shape index (κ3) is 3.67. The molecule has 122 valence electrons. The second kappa shape index (κ2) is 7.24. The molecule has 1 N–H and O–H groups in total. The lowest BCUT2D eigenvalue weighted by molar-refractivity contribution is -0.0349. The second-order valence-corrected chi connectivity index (χ2v) is 6.32. The molecule has 1 amide bonds. The molecule has 0 aromatic carbocycles. The van der Waals surface area contributed by atoms with Gasteiger partial charge in [0.15, 0.2) is 0 Å². The van der Waals surface area contributed by atoms with Crippen molar-refractivity contribution < 1.29 is 14.3 Å². The van der Waals surface area contributed by atoms with E-state index in [-0.39, 0.29) is 18.1 Å². The average molecular weight is 307 g/mol. The molecular formula is C16H25N3O3. The van der Waals surface area contributed by atoms with Crippen molar-refractivity contribution in [1.82, 2.24) is 15.1 Å². The maximum absolute atomic E-state index is 12.3. The van der Waals surface area contributed by atoms with Crippen LogP contribution in [0.3, 0.4) is 0 Å². The van der Waals surface area contributed by atoms with Gasteiger partial charge in [0.1, 0.15) is 0 Å². The first-order valence-corrected chi connectivity index (χ1v) is 8.20. The maximum atomic E-state index is 12.3. The molecule has 2 heterocycles. The van der Waals surface area contributed by atoms with Gasteiger partial charge < -0.3 is 14.8 Å². The highest BCUT2D eigenvalue weighted by Crippen LogP contribution is 2.25. The Morgan fingerprint density at radius 2 is 2.27 bits per heavy atom. The monoisotopic (exact) mass is 307 g/mol. The van der Waals surface area contributed by atoms with Gasteiger partial charge in [-0.25, -0.2) is 0 Å². The first kappa shape index (κ1) is 15.5. The lowest BCUT2D eigenvalue weighted by Gasteiger charge is -2.30. The summed E-state index contributed by atoms with van der Waals surface area (Å²) in [7, 11) is 1.68. The Labute approximate surface area is 131 Å². The number of nitrogens with zero attached hydrogens (tertiary/aromatic N) is 2. The molecule has 0 bridgehead atoms. The van der Waals surface area contributed by atoms with E-state index in [1.54, 1.807) is 13.3 Å². The first-order chi connectivity index (χ1) is 10.8. The number of hydrogen-bond acceptors (Lipinski definition) is 4. The summed E-state index contributed by atoms with van der Waals surface area (Å²) in [6, 6.07) is -0.0931. The summed E-state index contributed by atoms with van der Waals surface area (Å²) < 4.78 is 12.7. The SMILES string of the molecule is CO[C@@H]1CCOC[C@H]1NC(=O)c1cnn(CC2CCCC2)c1. The predicted molar refractivity (Wildman–Crippen MR) is 81.7 cm³/mol. The summed E-state index contributed by atoms with van der Waals surface area (Å²) in [6.45, 7) is 2.10. The van der Waals surface area contributed by atoms with Gasteiger partial charge in [-0.05, 0) is 25.2 Å². The van der Waals surface area contributed by atoms with Gasteiger partial charge in [-0.2, -0.15) is 5.10 Å². The van der Waals surface area contributed by atoms with E-state index in [2.05, 4.69) is 10.4 Å². The van der Waals surface area contributed by atoms with E-state index in [9.17, 15) is 4.79 Å². The molecule has 22 heavy (non-hydrogen) atoms. The number of carbonyl (C=O) groups excluding carboxylic acids is 1. The quantitative estimate of drug-likeness (QED) is 0.897. The van der Waals surface area contributed by atoms with Crippen molar-refractivity contribution in [3.8, 4) is 0 Å². The zero-order valence-electron chi connectivity index (χ0n) is 13.2. The van der Waals surface area contributed by atoms with E-state index >= 15 is 0 Å². The van der Waals surface area contributed by atoms with Gasteiger partial charge in [0.2, 0.25) is 0 Å². The van der Waals surface area contributed by atoms with Crippen LogP contribution in [0.4, 0.5) is 0 Å². The highest BCUT2D eigenvalue weighted by atomic mass is 16.5. The normalized spacial score (nSPS) is 26.2. The Morgan fingerprint density at radius 3 is 3.05 bits per heavy atom. The van der Waals surface area contributed by atoms with Gasteiger partial charge in [0.05, 0.1) is 30.5 Å². The summed E-state index contributed by atoms with van der Waals surface area (Å²) in [5, 5.41) is 7.33. The summed E-state index contributed by atoms with van der Waals surface area (Å²) >= 11 is 0.